The van der Waals surface area contributed by atoms with E-state index in [1.54, 1.807) is 12.3 Å². The Kier molecular flexibility index (Phi) is 3.90. The third-order valence-electron chi connectivity index (χ3n) is 2.53. The maximum absolute atomic E-state index is 9.21. The molecule has 0 aliphatic rings. The van der Waals surface area contributed by atoms with E-state index in [0.29, 0.717) is 12.2 Å². The van der Waals surface area contributed by atoms with E-state index in [1.807, 2.05) is 30.3 Å². The van der Waals surface area contributed by atoms with E-state index in [9.17, 15) is 5.11 Å². The highest BCUT2D eigenvalue weighted by molar-refractivity contribution is 5.59. The first kappa shape index (κ1) is 12.1. The van der Waals surface area contributed by atoms with Crippen molar-refractivity contribution >= 4 is 11.5 Å². The molecule has 18 heavy (non-hydrogen) atoms. The summed E-state index contributed by atoms with van der Waals surface area (Å²) >= 11 is 0. The summed E-state index contributed by atoms with van der Waals surface area (Å²) in [4.78, 5) is 4.18. The predicted octanol–water partition coefficient (Wildman–Crippen LogP) is 2.38. The number of aromatic nitrogens is 1. The fraction of sp³-hybridized carbons (Fsp3) is 0.143. The standard InChI is InChI=1S/C14H13N3O/c15-7-6-11-3-1-5-13(9-11)17-14-12(10-18)4-2-8-16-14/h1-5,8-9,18H,6,10H2,(H,16,17). The molecule has 1 aromatic heterocycles. The third kappa shape index (κ3) is 2.84. The molecule has 0 spiro atoms. The summed E-state index contributed by atoms with van der Waals surface area (Å²) in [5.41, 5.74) is 2.54. The smallest absolute Gasteiger partial charge is 0.135 e. The summed E-state index contributed by atoms with van der Waals surface area (Å²) in [5.74, 6) is 0.633. The predicted molar refractivity (Wildman–Crippen MR) is 69.2 cm³/mol. The lowest BCUT2D eigenvalue weighted by atomic mass is 10.1. The van der Waals surface area contributed by atoms with E-state index in [1.165, 1.54) is 0 Å². The highest BCUT2D eigenvalue weighted by Gasteiger charge is 2.03. The Balaban J connectivity index is 2.23. The number of benzene rings is 1. The molecule has 2 rings (SSSR count). The molecule has 0 atom stereocenters. The van der Waals surface area contributed by atoms with Gasteiger partial charge in [-0.05, 0) is 23.8 Å². The van der Waals surface area contributed by atoms with Crippen molar-refractivity contribution in [1.82, 2.24) is 4.98 Å². The molecule has 4 nitrogen and oxygen atoms in total. The highest BCUT2D eigenvalue weighted by atomic mass is 16.3. The van der Waals surface area contributed by atoms with Crippen LogP contribution in [0.15, 0.2) is 42.6 Å². The summed E-state index contributed by atoms with van der Waals surface area (Å²) in [6.45, 7) is -0.0614. The van der Waals surface area contributed by atoms with Crippen LogP contribution in [0.3, 0.4) is 0 Å². The second-order valence-electron chi connectivity index (χ2n) is 3.83. The van der Waals surface area contributed by atoms with E-state index < -0.39 is 0 Å². The minimum atomic E-state index is -0.0614. The van der Waals surface area contributed by atoms with Crippen LogP contribution in [0.1, 0.15) is 11.1 Å². The van der Waals surface area contributed by atoms with Crippen molar-refractivity contribution in [3.05, 3.63) is 53.7 Å². The lowest BCUT2D eigenvalue weighted by Crippen LogP contribution is -1.99. The molecule has 0 bridgehead atoms. The van der Waals surface area contributed by atoms with Crippen LogP contribution in [-0.4, -0.2) is 10.1 Å². The molecule has 0 fully saturated rings. The van der Waals surface area contributed by atoms with Gasteiger partial charge in [-0.3, -0.25) is 0 Å². The summed E-state index contributed by atoms with van der Waals surface area (Å²) in [7, 11) is 0. The van der Waals surface area contributed by atoms with Crippen molar-refractivity contribution in [1.29, 1.82) is 5.26 Å². The number of hydrogen-bond acceptors (Lipinski definition) is 4. The van der Waals surface area contributed by atoms with Crippen LogP contribution >= 0.6 is 0 Å². The zero-order chi connectivity index (χ0) is 12.8. The first-order valence-corrected chi connectivity index (χ1v) is 5.61. The van der Waals surface area contributed by atoms with Gasteiger partial charge >= 0.3 is 0 Å². The molecule has 0 unspecified atom stereocenters. The van der Waals surface area contributed by atoms with Gasteiger partial charge in [-0.1, -0.05) is 18.2 Å². The van der Waals surface area contributed by atoms with Crippen molar-refractivity contribution in [2.75, 3.05) is 5.32 Å². The lowest BCUT2D eigenvalue weighted by molar-refractivity contribution is 0.282. The second-order valence-corrected chi connectivity index (χ2v) is 3.83. The highest BCUT2D eigenvalue weighted by Crippen LogP contribution is 2.19. The Morgan fingerprint density at radius 1 is 1.28 bits per heavy atom. The zero-order valence-corrected chi connectivity index (χ0v) is 9.80. The first-order chi connectivity index (χ1) is 8.83. The van der Waals surface area contributed by atoms with E-state index >= 15 is 0 Å². The average molecular weight is 239 g/mol. The molecular weight excluding hydrogens is 226 g/mol. The van der Waals surface area contributed by atoms with Gasteiger partial charge in [0.05, 0.1) is 19.1 Å². The summed E-state index contributed by atoms with van der Waals surface area (Å²) < 4.78 is 0. The number of rotatable bonds is 4. The normalized spacial score (nSPS) is 9.78. The Morgan fingerprint density at radius 3 is 2.94 bits per heavy atom. The van der Waals surface area contributed by atoms with E-state index in [2.05, 4.69) is 16.4 Å². The summed E-state index contributed by atoms with van der Waals surface area (Å²) in [5, 5.41) is 21.0. The Labute approximate surface area is 106 Å². The van der Waals surface area contributed by atoms with Crippen molar-refractivity contribution in [3.63, 3.8) is 0 Å². The van der Waals surface area contributed by atoms with Crippen molar-refractivity contribution < 1.29 is 5.11 Å². The topological polar surface area (TPSA) is 68.9 Å². The van der Waals surface area contributed by atoms with Crippen LogP contribution in [0, 0.1) is 11.3 Å². The number of nitriles is 1. The van der Waals surface area contributed by atoms with E-state index in [-0.39, 0.29) is 6.61 Å². The molecule has 0 aliphatic carbocycles. The Hall–Kier alpha value is -2.38. The molecule has 0 amide bonds. The van der Waals surface area contributed by atoms with Crippen LogP contribution in [0.5, 0.6) is 0 Å². The molecular formula is C14H13N3O. The van der Waals surface area contributed by atoms with Crippen molar-refractivity contribution in [3.8, 4) is 6.07 Å². The van der Waals surface area contributed by atoms with Gasteiger partial charge in [0.25, 0.3) is 0 Å². The monoisotopic (exact) mass is 239 g/mol. The summed E-state index contributed by atoms with van der Waals surface area (Å²) in [6.07, 6.45) is 2.05. The molecule has 1 heterocycles. The second kappa shape index (κ2) is 5.80. The number of anilines is 2. The van der Waals surface area contributed by atoms with Crippen LogP contribution in [0.2, 0.25) is 0 Å². The van der Waals surface area contributed by atoms with Gasteiger partial charge in [-0.25, -0.2) is 4.98 Å². The molecule has 1 aromatic carbocycles. The van der Waals surface area contributed by atoms with Crippen molar-refractivity contribution in [2.24, 2.45) is 0 Å². The molecule has 0 saturated heterocycles. The van der Waals surface area contributed by atoms with Gasteiger partial charge in [0.2, 0.25) is 0 Å². The maximum Gasteiger partial charge on any atom is 0.135 e. The third-order valence-corrected chi connectivity index (χ3v) is 2.53. The molecule has 2 N–H and O–H groups in total. The fourth-order valence-electron chi connectivity index (χ4n) is 1.67. The number of aliphatic hydroxyl groups excluding tert-OH is 1. The van der Waals surface area contributed by atoms with Crippen molar-refractivity contribution in [2.45, 2.75) is 13.0 Å². The number of hydrogen-bond donors (Lipinski definition) is 2. The van der Waals surface area contributed by atoms with Crippen LogP contribution in [0.25, 0.3) is 0 Å². The largest absolute Gasteiger partial charge is 0.392 e. The van der Waals surface area contributed by atoms with Crippen LogP contribution in [-0.2, 0) is 13.0 Å². The maximum atomic E-state index is 9.21. The fourth-order valence-corrected chi connectivity index (χ4v) is 1.67. The SMILES string of the molecule is N#CCc1cccc(Nc2ncccc2CO)c1. The molecule has 0 radical (unpaired) electrons. The van der Waals surface area contributed by atoms with Gasteiger partial charge in [-0.2, -0.15) is 5.26 Å². The molecule has 90 valence electrons. The number of aliphatic hydroxyl groups is 1. The molecule has 2 aromatic rings. The Bertz CT molecular complexity index is 575. The minimum absolute atomic E-state index is 0.0614. The van der Waals surface area contributed by atoms with Gasteiger partial charge in [-0.15, -0.1) is 0 Å². The number of nitrogens with one attached hydrogen (secondary N) is 1. The van der Waals surface area contributed by atoms with Gasteiger partial charge in [0, 0.05) is 17.4 Å². The minimum Gasteiger partial charge on any atom is -0.392 e. The molecule has 0 saturated carbocycles. The van der Waals surface area contributed by atoms with Gasteiger partial charge in [0.15, 0.2) is 0 Å². The average Bonchev–Trinajstić information content (AvgIpc) is 2.40. The molecule has 4 heteroatoms. The zero-order valence-electron chi connectivity index (χ0n) is 9.80. The Morgan fingerprint density at radius 2 is 2.17 bits per heavy atom. The number of pyridine rings is 1. The lowest BCUT2D eigenvalue weighted by Gasteiger charge is -2.09. The van der Waals surface area contributed by atoms with Crippen LogP contribution in [0.4, 0.5) is 11.5 Å². The van der Waals surface area contributed by atoms with E-state index in [0.717, 1.165) is 16.8 Å². The number of nitrogens with zero attached hydrogens (tertiary/aromatic N) is 2. The first-order valence-electron chi connectivity index (χ1n) is 5.61. The quantitative estimate of drug-likeness (QED) is 0.859. The van der Waals surface area contributed by atoms with Gasteiger partial charge in [0.1, 0.15) is 5.82 Å². The molecule has 0 aliphatic heterocycles. The van der Waals surface area contributed by atoms with Crippen LogP contribution < -0.4 is 5.32 Å². The van der Waals surface area contributed by atoms with Gasteiger partial charge < -0.3 is 10.4 Å². The van der Waals surface area contributed by atoms with E-state index in [4.69, 9.17) is 5.26 Å². The summed E-state index contributed by atoms with van der Waals surface area (Å²) in [6, 6.07) is 13.3.